The lowest BCUT2D eigenvalue weighted by molar-refractivity contribution is 0.322. The van der Waals surface area contributed by atoms with Crippen LogP contribution in [0.3, 0.4) is 0 Å². The zero-order chi connectivity index (χ0) is 18.5. The highest BCUT2D eigenvalue weighted by molar-refractivity contribution is 14.0. The van der Waals surface area contributed by atoms with Crippen molar-refractivity contribution in [3.8, 4) is 0 Å². The van der Waals surface area contributed by atoms with E-state index >= 15 is 0 Å². The Morgan fingerprint density at radius 2 is 1.96 bits per heavy atom. The number of benzene rings is 1. The Balaban J connectivity index is 0.00000338. The number of hydrogen-bond donors (Lipinski definition) is 1. The number of guanidine groups is 1. The van der Waals surface area contributed by atoms with Crippen molar-refractivity contribution in [1.29, 1.82) is 0 Å². The average Bonchev–Trinajstić information content (AvgIpc) is 2.55. The average molecular weight is 494 g/mol. The quantitative estimate of drug-likeness (QED) is 0.385. The van der Waals surface area contributed by atoms with E-state index in [2.05, 4.69) is 46.5 Å². The molecule has 0 aromatic heterocycles. The highest BCUT2D eigenvalue weighted by atomic mass is 127. The van der Waals surface area contributed by atoms with E-state index in [4.69, 9.17) is 0 Å². The standard InChI is InChI=1S/C18H30N4O2S.HI/c1-18(2)15-22(12-13-25(18,23)24)17(19-3)20-10-11-21(4)14-16-8-6-5-7-9-16;/h5-9H,10-15H2,1-4H3,(H,19,20);1H. The van der Waals surface area contributed by atoms with Gasteiger partial charge in [-0.05, 0) is 26.5 Å². The molecule has 8 heteroatoms. The Morgan fingerprint density at radius 3 is 2.54 bits per heavy atom. The first-order valence-electron chi connectivity index (χ1n) is 8.65. The molecular weight excluding hydrogens is 463 g/mol. The first-order valence-corrected chi connectivity index (χ1v) is 10.3. The first-order chi connectivity index (χ1) is 11.7. The molecule has 1 heterocycles. The minimum absolute atomic E-state index is 0. The monoisotopic (exact) mass is 494 g/mol. The summed E-state index contributed by atoms with van der Waals surface area (Å²) in [6.45, 7) is 7.07. The van der Waals surface area contributed by atoms with Crippen LogP contribution in [0, 0.1) is 0 Å². The summed E-state index contributed by atoms with van der Waals surface area (Å²) in [5, 5.41) is 3.36. The van der Waals surface area contributed by atoms with E-state index in [0.717, 1.165) is 25.6 Å². The fourth-order valence-corrected chi connectivity index (χ4v) is 4.36. The molecule has 0 saturated carbocycles. The van der Waals surface area contributed by atoms with Crippen molar-refractivity contribution in [2.75, 3.05) is 46.0 Å². The van der Waals surface area contributed by atoms with Crippen molar-refractivity contribution < 1.29 is 8.42 Å². The number of hydrogen-bond acceptors (Lipinski definition) is 4. The van der Waals surface area contributed by atoms with Crippen molar-refractivity contribution >= 4 is 39.8 Å². The molecule has 0 amide bonds. The highest BCUT2D eigenvalue weighted by Crippen LogP contribution is 2.23. The second-order valence-corrected chi connectivity index (χ2v) is 9.94. The first kappa shape index (κ1) is 23.2. The molecule has 1 fully saturated rings. The zero-order valence-corrected chi connectivity index (χ0v) is 19.3. The zero-order valence-electron chi connectivity index (χ0n) is 16.1. The van der Waals surface area contributed by atoms with Crippen molar-refractivity contribution in [3.63, 3.8) is 0 Å². The van der Waals surface area contributed by atoms with Crippen LogP contribution in [0.1, 0.15) is 19.4 Å². The molecule has 1 aromatic carbocycles. The Kier molecular flexibility index (Phi) is 8.81. The van der Waals surface area contributed by atoms with Gasteiger partial charge in [0.15, 0.2) is 15.8 Å². The summed E-state index contributed by atoms with van der Waals surface area (Å²) < 4.78 is 23.5. The summed E-state index contributed by atoms with van der Waals surface area (Å²) in [5.41, 5.74) is 1.29. The molecule has 6 nitrogen and oxygen atoms in total. The van der Waals surface area contributed by atoms with E-state index in [-0.39, 0.29) is 29.7 Å². The van der Waals surface area contributed by atoms with Gasteiger partial charge in [-0.3, -0.25) is 4.99 Å². The van der Waals surface area contributed by atoms with Gasteiger partial charge in [0, 0.05) is 39.8 Å². The van der Waals surface area contributed by atoms with Crippen LogP contribution in [0.25, 0.3) is 0 Å². The molecule has 26 heavy (non-hydrogen) atoms. The van der Waals surface area contributed by atoms with Crippen LogP contribution in [0.4, 0.5) is 0 Å². The molecule has 1 saturated heterocycles. The maximum Gasteiger partial charge on any atom is 0.193 e. The van der Waals surface area contributed by atoms with E-state index in [9.17, 15) is 8.42 Å². The van der Waals surface area contributed by atoms with Gasteiger partial charge in [0.05, 0.1) is 10.5 Å². The molecule has 1 aliphatic heterocycles. The molecule has 1 aromatic rings. The summed E-state index contributed by atoms with van der Waals surface area (Å²) >= 11 is 0. The minimum atomic E-state index is -3.04. The van der Waals surface area contributed by atoms with Crippen molar-refractivity contribution in [2.45, 2.75) is 25.1 Å². The minimum Gasteiger partial charge on any atom is -0.355 e. The molecule has 0 bridgehead atoms. The number of sulfone groups is 1. The number of rotatable bonds is 5. The van der Waals surface area contributed by atoms with Crippen LogP contribution in [-0.4, -0.2) is 75.0 Å². The predicted molar refractivity (Wildman–Crippen MR) is 119 cm³/mol. The Morgan fingerprint density at radius 1 is 1.31 bits per heavy atom. The largest absolute Gasteiger partial charge is 0.355 e. The maximum absolute atomic E-state index is 12.1. The van der Waals surface area contributed by atoms with Crippen LogP contribution >= 0.6 is 24.0 Å². The van der Waals surface area contributed by atoms with E-state index < -0.39 is 14.6 Å². The highest BCUT2D eigenvalue weighted by Gasteiger charge is 2.40. The summed E-state index contributed by atoms with van der Waals surface area (Å²) in [7, 11) is 0.797. The molecule has 0 atom stereocenters. The molecule has 1 N–H and O–H groups in total. The lowest BCUT2D eigenvalue weighted by Crippen LogP contribution is -2.57. The topological polar surface area (TPSA) is 65.0 Å². The summed E-state index contributed by atoms with van der Waals surface area (Å²) in [6, 6.07) is 10.4. The Bertz CT molecular complexity index is 692. The third-order valence-electron chi connectivity index (χ3n) is 4.63. The molecular formula is C18H31IN4O2S. The van der Waals surface area contributed by atoms with Crippen LogP contribution < -0.4 is 5.32 Å². The van der Waals surface area contributed by atoms with Gasteiger partial charge < -0.3 is 15.1 Å². The van der Waals surface area contributed by atoms with Crippen LogP contribution in [0.5, 0.6) is 0 Å². The summed E-state index contributed by atoms with van der Waals surface area (Å²) in [6.07, 6.45) is 0. The fraction of sp³-hybridized carbons (Fsp3) is 0.611. The lowest BCUT2D eigenvalue weighted by Gasteiger charge is -2.39. The van der Waals surface area contributed by atoms with Gasteiger partial charge >= 0.3 is 0 Å². The molecule has 0 unspecified atom stereocenters. The van der Waals surface area contributed by atoms with Gasteiger partial charge in [-0.1, -0.05) is 30.3 Å². The van der Waals surface area contributed by atoms with Crippen molar-refractivity contribution in [3.05, 3.63) is 35.9 Å². The summed E-state index contributed by atoms with van der Waals surface area (Å²) in [4.78, 5) is 8.61. The second-order valence-electron chi connectivity index (χ2n) is 7.20. The molecule has 148 valence electrons. The van der Waals surface area contributed by atoms with Crippen LogP contribution in [-0.2, 0) is 16.4 Å². The number of likely N-dealkylation sites (N-methyl/N-ethyl adjacent to an activating group) is 1. The number of nitrogens with one attached hydrogen (secondary N) is 1. The molecule has 2 rings (SSSR count). The van der Waals surface area contributed by atoms with E-state index in [1.165, 1.54) is 5.56 Å². The Hall–Kier alpha value is -0.870. The van der Waals surface area contributed by atoms with Gasteiger partial charge in [0.25, 0.3) is 0 Å². The number of aliphatic imine (C=N–C) groups is 1. The molecule has 0 spiro atoms. The van der Waals surface area contributed by atoms with E-state index in [0.29, 0.717) is 13.1 Å². The maximum atomic E-state index is 12.1. The van der Waals surface area contributed by atoms with E-state index in [1.807, 2.05) is 11.0 Å². The molecule has 0 radical (unpaired) electrons. The van der Waals surface area contributed by atoms with E-state index in [1.54, 1.807) is 20.9 Å². The van der Waals surface area contributed by atoms with Gasteiger partial charge in [-0.25, -0.2) is 8.42 Å². The Labute approximate surface area is 175 Å². The third-order valence-corrected chi connectivity index (χ3v) is 7.16. The third kappa shape index (κ3) is 6.09. The van der Waals surface area contributed by atoms with Gasteiger partial charge in [-0.2, -0.15) is 0 Å². The van der Waals surface area contributed by atoms with Crippen LogP contribution in [0.15, 0.2) is 35.3 Å². The smallest absolute Gasteiger partial charge is 0.193 e. The normalized spacial score (nSPS) is 19.1. The summed E-state index contributed by atoms with van der Waals surface area (Å²) in [5.74, 6) is 0.949. The molecule has 1 aliphatic rings. The van der Waals surface area contributed by atoms with Gasteiger partial charge in [0.1, 0.15) is 0 Å². The van der Waals surface area contributed by atoms with Gasteiger partial charge in [0.2, 0.25) is 0 Å². The predicted octanol–water partition coefficient (Wildman–Crippen LogP) is 1.82. The number of halogens is 1. The van der Waals surface area contributed by atoms with Gasteiger partial charge in [-0.15, -0.1) is 24.0 Å². The van der Waals surface area contributed by atoms with Crippen LogP contribution in [0.2, 0.25) is 0 Å². The fourth-order valence-electron chi connectivity index (χ4n) is 2.99. The second kappa shape index (κ2) is 9.89. The van der Waals surface area contributed by atoms with Crippen molar-refractivity contribution in [2.24, 2.45) is 4.99 Å². The number of nitrogens with zero attached hydrogens (tertiary/aromatic N) is 3. The molecule has 0 aliphatic carbocycles. The SMILES string of the molecule is CN=C(NCCN(C)Cc1ccccc1)N1CCS(=O)(=O)C(C)(C)C1.I. The lowest BCUT2D eigenvalue weighted by atomic mass is 10.2. The van der Waals surface area contributed by atoms with Crippen molar-refractivity contribution in [1.82, 2.24) is 15.1 Å².